The maximum Gasteiger partial charge on any atom is 0.237 e. The van der Waals surface area contributed by atoms with Gasteiger partial charge in [-0.1, -0.05) is 18.2 Å². The van der Waals surface area contributed by atoms with Gasteiger partial charge in [-0.3, -0.25) is 4.79 Å². The summed E-state index contributed by atoms with van der Waals surface area (Å²) in [5.74, 6) is 1.06. The van der Waals surface area contributed by atoms with Crippen molar-refractivity contribution in [2.24, 2.45) is 5.73 Å². The Morgan fingerprint density at radius 1 is 1.30 bits per heavy atom. The van der Waals surface area contributed by atoms with Gasteiger partial charge in [-0.25, -0.2) is 0 Å². The van der Waals surface area contributed by atoms with Crippen LogP contribution >= 0.6 is 0 Å². The van der Waals surface area contributed by atoms with Crippen LogP contribution < -0.4 is 15.8 Å². The number of rotatable bonds is 5. The lowest BCUT2D eigenvalue weighted by Crippen LogP contribution is -2.40. The summed E-state index contributed by atoms with van der Waals surface area (Å²) in [5, 5.41) is 2.87. The van der Waals surface area contributed by atoms with Gasteiger partial charge in [-0.05, 0) is 25.1 Å². The summed E-state index contributed by atoms with van der Waals surface area (Å²) in [6.45, 7) is 1.64. The van der Waals surface area contributed by atoms with E-state index in [-0.39, 0.29) is 5.91 Å². The molecule has 0 fully saturated rings. The molecule has 1 amide bonds. The van der Waals surface area contributed by atoms with E-state index in [0.29, 0.717) is 11.5 Å². The third-order valence-electron chi connectivity index (χ3n) is 2.98. The Morgan fingerprint density at radius 3 is 2.65 bits per heavy atom. The summed E-state index contributed by atoms with van der Waals surface area (Å²) in [7, 11) is 1.59. The zero-order chi connectivity index (χ0) is 14.5. The van der Waals surface area contributed by atoms with Gasteiger partial charge in [0.1, 0.15) is 17.6 Å². The standard InChI is InChI=1S/C15H18N2O3/c1-10(16)15(18)17-14(13-8-5-9-20-13)11-6-3-4-7-12(11)19-2/h3-10,14H,16H2,1-2H3,(H,17,18). The summed E-state index contributed by atoms with van der Waals surface area (Å²) in [6, 6.07) is 10.0. The first-order valence-electron chi connectivity index (χ1n) is 6.35. The zero-order valence-corrected chi connectivity index (χ0v) is 11.5. The van der Waals surface area contributed by atoms with Crippen LogP contribution in [-0.2, 0) is 4.79 Å². The monoisotopic (exact) mass is 274 g/mol. The molecule has 20 heavy (non-hydrogen) atoms. The van der Waals surface area contributed by atoms with E-state index in [1.807, 2.05) is 24.3 Å². The van der Waals surface area contributed by atoms with E-state index in [9.17, 15) is 4.79 Å². The van der Waals surface area contributed by atoms with Crippen LogP contribution in [0.3, 0.4) is 0 Å². The number of ether oxygens (including phenoxy) is 1. The molecule has 106 valence electrons. The van der Waals surface area contributed by atoms with Gasteiger partial charge >= 0.3 is 0 Å². The lowest BCUT2D eigenvalue weighted by molar-refractivity contribution is -0.122. The number of nitrogens with one attached hydrogen (secondary N) is 1. The molecule has 0 bridgehead atoms. The van der Waals surface area contributed by atoms with Crippen LogP contribution in [0.15, 0.2) is 47.1 Å². The van der Waals surface area contributed by atoms with Gasteiger partial charge in [0.25, 0.3) is 0 Å². The molecule has 0 aliphatic carbocycles. The van der Waals surface area contributed by atoms with Gasteiger partial charge < -0.3 is 20.2 Å². The molecule has 0 saturated heterocycles. The number of hydrogen-bond donors (Lipinski definition) is 2. The number of carbonyl (C=O) groups is 1. The van der Waals surface area contributed by atoms with E-state index < -0.39 is 12.1 Å². The number of hydrogen-bond acceptors (Lipinski definition) is 4. The molecule has 1 heterocycles. The van der Waals surface area contributed by atoms with Gasteiger partial charge in [-0.15, -0.1) is 0 Å². The van der Waals surface area contributed by atoms with Crippen LogP contribution in [0.2, 0.25) is 0 Å². The first-order valence-corrected chi connectivity index (χ1v) is 6.35. The van der Waals surface area contributed by atoms with Crippen molar-refractivity contribution in [3.63, 3.8) is 0 Å². The third-order valence-corrected chi connectivity index (χ3v) is 2.98. The van der Waals surface area contributed by atoms with Gasteiger partial charge in [0.2, 0.25) is 5.91 Å². The number of benzene rings is 1. The van der Waals surface area contributed by atoms with Gasteiger partial charge in [0, 0.05) is 5.56 Å². The first kappa shape index (κ1) is 14.1. The molecule has 0 spiro atoms. The number of amides is 1. The Kier molecular flexibility index (Phi) is 4.42. The largest absolute Gasteiger partial charge is 0.496 e. The molecule has 0 saturated carbocycles. The van der Waals surface area contributed by atoms with E-state index in [4.69, 9.17) is 14.9 Å². The fourth-order valence-corrected chi connectivity index (χ4v) is 1.94. The van der Waals surface area contributed by atoms with Crippen molar-refractivity contribution in [2.75, 3.05) is 7.11 Å². The van der Waals surface area contributed by atoms with Crippen molar-refractivity contribution in [3.05, 3.63) is 54.0 Å². The number of methoxy groups -OCH3 is 1. The lowest BCUT2D eigenvalue weighted by Gasteiger charge is -2.20. The minimum atomic E-state index is -0.595. The highest BCUT2D eigenvalue weighted by Gasteiger charge is 2.23. The Bertz CT molecular complexity index is 564. The molecule has 3 N–H and O–H groups in total. The van der Waals surface area contributed by atoms with E-state index in [0.717, 1.165) is 5.56 Å². The van der Waals surface area contributed by atoms with E-state index >= 15 is 0 Å². The van der Waals surface area contributed by atoms with Crippen LogP contribution in [0.25, 0.3) is 0 Å². The molecule has 2 aromatic rings. The Balaban J connectivity index is 2.39. The van der Waals surface area contributed by atoms with Gasteiger partial charge in [0.15, 0.2) is 0 Å². The maximum absolute atomic E-state index is 11.9. The Morgan fingerprint density at radius 2 is 2.05 bits per heavy atom. The smallest absolute Gasteiger partial charge is 0.237 e. The fraction of sp³-hybridized carbons (Fsp3) is 0.267. The minimum Gasteiger partial charge on any atom is -0.496 e. The van der Waals surface area contributed by atoms with Crippen molar-refractivity contribution in [3.8, 4) is 5.75 Å². The average Bonchev–Trinajstić information content (AvgIpc) is 2.98. The number of nitrogens with two attached hydrogens (primary N) is 1. The zero-order valence-electron chi connectivity index (χ0n) is 11.5. The summed E-state index contributed by atoms with van der Waals surface area (Å²) < 4.78 is 10.8. The predicted molar refractivity (Wildman–Crippen MR) is 75.3 cm³/mol. The summed E-state index contributed by atoms with van der Waals surface area (Å²) >= 11 is 0. The number of para-hydroxylation sites is 1. The predicted octanol–water partition coefficient (Wildman–Crippen LogP) is 1.84. The quantitative estimate of drug-likeness (QED) is 0.872. The van der Waals surface area contributed by atoms with Crippen LogP contribution in [-0.4, -0.2) is 19.1 Å². The van der Waals surface area contributed by atoms with Crippen molar-refractivity contribution in [1.82, 2.24) is 5.32 Å². The molecule has 2 rings (SSSR count). The van der Waals surface area contributed by atoms with Crippen molar-refractivity contribution >= 4 is 5.91 Å². The second-order valence-electron chi connectivity index (χ2n) is 4.49. The molecule has 0 aliphatic heterocycles. The van der Waals surface area contributed by atoms with Crippen LogP contribution in [0.5, 0.6) is 5.75 Å². The summed E-state index contributed by atoms with van der Waals surface area (Å²) in [4.78, 5) is 11.9. The highest BCUT2D eigenvalue weighted by atomic mass is 16.5. The van der Waals surface area contributed by atoms with E-state index in [1.54, 1.807) is 32.4 Å². The van der Waals surface area contributed by atoms with Crippen LogP contribution in [0, 0.1) is 0 Å². The molecule has 2 unspecified atom stereocenters. The maximum atomic E-state index is 11.9. The number of carbonyl (C=O) groups excluding carboxylic acids is 1. The molecule has 1 aromatic heterocycles. The van der Waals surface area contributed by atoms with Crippen LogP contribution in [0.1, 0.15) is 24.3 Å². The third kappa shape index (κ3) is 3.00. The van der Waals surface area contributed by atoms with Gasteiger partial charge in [-0.2, -0.15) is 0 Å². The van der Waals surface area contributed by atoms with Crippen molar-refractivity contribution in [1.29, 1.82) is 0 Å². The average molecular weight is 274 g/mol. The minimum absolute atomic E-state index is 0.252. The fourth-order valence-electron chi connectivity index (χ4n) is 1.94. The Hall–Kier alpha value is -2.27. The molecule has 2 atom stereocenters. The molecule has 0 aliphatic rings. The SMILES string of the molecule is COc1ccccc1C(NC(=O)C(C)N)c1ccco1. The second-order valence-corrected chi connectivity index (χ2v) is 4.49. The van der Waals surface area contributed by atoms with E-state index in [1.165, 1.54) is 0 Å². The molecule has 5 nitrogen and oxygen atoms in total. The molecular weight excluding hydrogens is 256 g/mol. The molecule has 1 aromatic carbocycles. The van der Waals surface area contributed by atoms with Crippen molar-refractivity contribution in [2.45, 2.75) is 19.0 Å². The lowest BCUT2D eigenvalue weighted by atomic mass is 10.0. The highest BCUT2D eigenvalue weighted by molar-refractivity contribution is 5.81. The second kappa shape index (κ2) is 6.25. The molecule has 0 radical (unpaired) electrons. The highest BCUT2D eigenvalue weighted by Crippen LogP contribution is 2.30. The van der Waals surface area contributed by atoms with E-state index in [2.05, 4.69) is 5.32 Å². The summed E-state index contributed by atoms with van der Waals surface area (Å²) in [5.41, 5.74) is 6.43. The molecule has 5 heteroatoms. The normalized spacial score (nSPS) is 13.6. The first-order chi connectivity index (χ1) is 9.63. The Labute approximate surface area is 117 Å². The topological polar surface area (TPSA) is 77.5 Å². The summed E-state index contributed by atoms with van der Waals surface area (Å²) in [6.07, 6.45) is 1.57. The van der Waals surface area contributed by atoms with Gasteiger partial charge in [0.05, 0.1) is 19.4 Å². The molecular formula is C15H18N2O3. The van der Waals surface area contributed by atoms with Crippen molar-refractivity contribution < 1.29 is 13.9 Å². The van der Waals surface area contributed by atoms with Crippen LogP contribution in [0.4, 0.5) is 0 Å². The number of furan rings is 1.